The number of nitrogens with zero attached hydrogens (tertiary/aromatic N) is 2. The van der Waals surface area contributed by atoms with Crippen molar-refractivity contribution in [3.63, 3.8) is 0 Å². The maximum Gasteiger partial charge on any atom is 0.348 e. The van der Waals surface area contributed by atoms with E-state index in [0.29, 0.717) is 34.1 Å². The zero-order valence-corrected chi connectivity index (χ0v) is 16.3. The largest absolute Gasteiger partial charge is 0.461 e. The highest BCUT2D eigenvalue weighted by molar-refractivity contribution is 7.20. The standard InChI is InChI=1S/C17H23ClN4O2S/c1-9(2)8-24-16(23)13-10(3)12-14(20-11-4-6-19-7-5-11)21-17(18)22-15(12)25-13/h9,11,19H,4-8H2,1-3H3,(H,20,21,22). The average Bonchev–Trinajstić information content (AvgIpc) is 2.90. The number of anilines is 1. The molecule has 0 unspecified atom stereocenters. The van der Waals surface area contributed by atoms with E-state index < -0.39 is 0 Å². The van der Waals surface area contributed by atoms with Crippen LogP contribution in [0.1, 0.15) is 41.9 Å². The Hall–Kier alpha value is -1.44. The summed E-state index contributed by atoms with van der Waals surface area (Å²) in [5.74, 6) is 0.696. The lowest BCUT2D eigenvalue weighted by Crippen LogP contribution is -2.35. The fraction of sp³-hybridized carbons (Fsp3) is 0.588. The van der Waals surface area contributed by atoms with Crippen molar-refractivity contribution in [3.05, 3.63) is 15.7 Å². The lowest BCUT2D eigenvalue weighted by atomic mass is 10.1. The summed E-state index contributed by atoms with van der Waals surface area (Å²) < 4.78 is 5.38. The molecule has 1 aliphatic heterocycles. The van der Waals surface area contributed by atoms with Gasteiger partial charge in [-0.1, -0.05) is 13.8 Å². The topological polar surface area (TPSA) is 76.1 Å². The van der Waals surface area contributed by atoms with E-state index in [-0.39, 0.29) is 11.3 Å². The molecule has 0 saturated carbocycles. The van der Waals surface area contributed by atoms with Crippen molar-refractivity contribution in [1.29, 1.82) is 0 Å². The monoisotopic (exact) mass is 382 g/mol. The van der Waals surface area contributed by atoms with Crippen molar-refractivity contribution >= 4 is 44.9 Å². The molecule has 0 bridgehead atoms. The van der Waals surface area contributed by atoms with E-state index in [2.05, 4.69) is 20.6 Å². The number of rotatable bonds is 5. The van der Waals surface area contributed by atoms with Crippen LogP contribution in [0.5, 0.6) is 0 Å². The molecule has 1 fully saturated rings. The van der Waals surface area contributed by atoms with Crippen molar-refractivity contribution in [2.75, 3.05) is 25.0 Å². The van der Waals surface area contributed by atoms with Gasteiger partial charge in [0.1, 0.15) is 15.5 Å². The Kier molecular flexibility index (Phi) is 5.76. The summed E-state index contributed by atoms with van der Waals surface area (Å²) >= 11 is 7.41. The van der Waals surface area contributed by atoms with Gasteiger partial charge in [0, 0.05) is 6.04 Å². The third-order valence-corrected chi connectivity index (χ3v) is 5.51. The Morgan fingerprint density at radius 2 is 2.12 bits per heavy atom. The maximum absolute atomic E-state index is 12.4. The average molecular weight is 383 g/mol. The molecule has 8 heteroatoms. The van der Waals surface area contributed by atoms with Gasteiger partial charge in [-0.05, 0) is 55.9 Å². The Bertz CT molecular complexity index is 772. The first-order valence-electron chi connectivity index (χ1n) is 8.56. The number of piperidine rings is 1. The number of thiophene rings is 1. The summed E-state index contributed by atoms with van der Waals surface area (Å²) in [6.45, 7) is 8.30. The van der Waals surface area contributed by atoms with Crippen molar-refractivity contribution in [3.8, 4) is 0 Å². The summed E-state index contributed by atoms with van der Waals surface area (Å²) in [4.78, 5) is 22.4. The third kappa shape index (κ3) is 4.22. The number of ether oxygens (including phenoxy) is 1. The van der Waals surface area contributed by atoms with Crippen LogP contribution in [0, 0.1) is 12.8 Å². The lowest BCUT2D eigenvalue weighted by molar-refractivity contribution is 0.0464. The molecule has 6 nitrogen and oxygen atoms in total. The Balaban J connectivity index is 1.93. The minimum atomic E-state index is -0.307. The number of esters is 1. The summed E-state index contributed by atoms with van der Waals surface area (Å²) in [6, 6.07) is 0.339. The van der Waals surface area contributed by atoms with Crippen molar-refractivity contribution in [1.82, 2.24) is 15.3 Å². The van der Waals surface area contributed by atoms with Crippen LogP contribution >= 0.6 is 22.9 Å². The van der Waals surface area contributed by atoms with Crippen LogP contribution in [0.4, 0.5) is 5.82 Å². The van der Waals surface area contributed by atoms with Crippen LogP contribution in [0.2, 0.25) is 5.28 Å². The number of carbonyl (C=O) groups is 1. The third-order valence-electron chi connectivity index (χ3n) is 4.18. The molecular formula is C17H23ClN4O2S. The molecule has 0 atom stereocenters. The molecule has 2 aromatic heterocycles. The minimum absolute atomic E-state index is 0.187. The molecule has 1 aliphatic rings. The number of aromatic nitrogens is 2. The fourth-order valence-electron chi connectivity index (χ4n) is 2.88. The number of nitrogens with one attached hydrogen (secondary N) is 2. The van der Waals surface area contributed by atoms with Gasteiger partial charge in [-0.3, -0.25) is 0 Å². The second-order valence-electron chi connectivity index (χ2n) is 6.74. The van der Waals surface area contributed by atoms with Gasteiger partial charge >= 0.3 is 5.97 Å². The summed E-state index contributed by atoms with van der Waals surface area (Å²) in [6.07, 6.45) is 2.05. The van der Waals surface area contributed by atoms with Crippen LogP contribution in [0.15, 0.2) is 0 Å². The van der Waals surface area contributed by atoms with E-state index in [1.165, 1.54) is 11.3 Å². The van der Waals surface area contributed by atoms with Gasteiger partial charge in [-0.15, -0.1) is 11.3 Å². The van der Waals surface area contributed by atoms with E-state index in [0.717, 1.165) is 36.9 Å². The molecule has 2 N–H and O–H groups in total. The van der Waals surface area contributed by atoms with Gasteiger partial charge in [-0.2, -0.15) is 0 Å². The molecule has 0 aromatic carbocycles. The van der Waals surface area contributed by atoms with E-state index in [1.807, 2.05) is 20.8 Å². The smallest absolute Gasteiger partial charge is 0.348 e. The number of fused-ring (bicyclic) bond motifs is 1. The first-order valence-corrected chi connectivity index (χ1v) is 9.76. The number of aryl methyl sites for hydroxylation is 1. The van der Waals surface area contributed by atoms with Gasteiger partial charge in [-0.25, -0.2) is 14.8 Å². The highest BCUT2D eigenvalue weighted by Gasteiger charge is 2.23. The van der Waals surface area contributed by atoms with Gasteiger partial charge in [0.15, 0.2) is 0 Å². The quantitative estimate of drug-likeness (QED) is 0.607. The summed E-state index contributed by atoms with van der Waals surface area (Å²) in [7, 11) is 0. The molecule has 3 rings (SSSR count). The van der Waals surface area contributed by atoms with E-state index >= 15 is 0 Å². The summed E-state index contributed by atoms with van der Waals surface area (Å²) in [5, 5.41) is 7.88. The lowest BCUT2D eigenvalue weighted by Gasteiger charge is -2.24. The van der Waals surface area contributed by atoms with E-state index in [4.69, 9.17) is 16.3 Å². The van der Waals surface area contributed by atoms with Crippen molar-refractivity contribution in [2.45, 2.75) is 39.7 Å². The zero-order valence-electron chi connectivity index (χ0n) is 14.7. The highest BCUT2D eigenvalue weighted by Crippen LogP contribution is 2.35. The van der Waals surface area contributed by atoms with E-state index in [9.17, 15) is 4.79 Å². The Morgan fingerprint density at radius 1 is 1.40 bits per heavy atom. The van der Waals surface area contributed by atoms with Crippen molar-refractivity contribution in [2.24, 2.45) is 5.92 Å². The Morgan fingerprint density at radius 3 is 2.80 bits per heavy atom. The molecule has 1 saturated heterocycles. The predicted octanol–water partition coefficient (Wildman–Crippen LogP) is 3.63. The molecule has 2 aromatic rings. The van der Waals surface area contributed by atoms with Gasteiger partial charge in [0.05, 0.1) is 12.0 Å². The first-order chi connectivity index (χ1) is 12.0. The number of hydrogen-bond donors (Lipinski definition) is 2. The normalized spacial score (nSPS) is 15.7. The number of halogens is 1. The predicted molar refractivity (Wildman–Crippen MR) is 102 cm³/mol. The molecule has 0 spiro atoms. The molecule has 0 amide bonds. The summed E-state index contributed by atoms with van der Waals surface area (Å²) in [5.41, 5.74) is 0.849. The second-order valence-corrected chi connectivity index (χ2v) is 8.08. The first kappa shape index (κ1) is 18.4. The highest BCUT2D eigenvalue weighted by atomic mass is 35.5. The molecule has 3 heterocycles. The molecule has 0 aliphatic carbocycles. The van der Waals surface area contributed by atoms with Gasteiger partial charge < -0.3 is 15.4 Å². The SMILES string of the molecule is Cc1c(C(=O)OCC(C)C)sc2nc(Cl)nc(NC3CCNCC3)c12. The molecule has 25 heavy (non-hydrogen) atoms. The van der Waals surface area contributed by atoms with E-state index in [1.54, 1.807) is 0 Å². The number of hydrogen-bond acceptors (Lipinski definition) is 7. The maximum atomic E-state index is 12.4. The second kappa shape index (κ2) is 7.85. The van der Waals surface area contributed by atoms with Crippen LogP contribution in [0.3, 0.4) is 0 Å². The minimum Gasteiger partial charge on any atom is -0.461 e. The molecule has 0 radical (unpaired) electrons. The Labute approximate surface area is 156 Å². The van der Waals surface area contributed by atoms with Crippen molar-refractivity contribution < 1.29 is 9.53 Å². The van der Waals surface area contributed by atoms with Crippen LogP contribution in [-0.4, -0.2) is 41.7 Å². The number of carbonyl (C=O) groups excluding carboxylic acids is 1. The van der Waals surface area contributed by atoms with Crippen LogP contribution in [-0.2, 0) is 4.74 Å². The van der Waals surface area contributed by atoms with Gasteiger partial charge in [0.25, 0.3) is 0 Å². The molecule has 136 valence electrons. The van der Waals surface area contributed by atoms with Crippen LogP contribution < -0.4 is 10.6 Å². The van der Waals surface area contributed by atoms with Crippen LogP contribution in [0.25, 0.3) is 10.2 Å². The zero-order chi connectivity index (χ0) is 18.0. The van der Waals surface area contributed by atoms with Gasteiger partial charge in [0.2, 0.25) is 5.28 Å². The molecular weight excluding hydrogens is 360 g/mol. The fourth-order valence-corrected chi connectivity index (χ4v) is 4.17.